The first kappa shape index (κ1) is 18.0. The van der Waals surface area contributed by atoms with Crippen molar-refractivity contribution in [3.63, 3.8) is 0 Å². The molecule has 0 bridgehead atoms. The quantitative estimate of drug-likeness (QED) is 0.596. The Bertz CT molecular complexity index is 615. The number of carbonyl (C=O) groups excluding carboxylic acids is 2. The minimum Gasteiger partial charge on any atom is -0.468 e. The molecule has 1 saturated heterocycles. The number of hydroxylamine groups is 2. The van der Waals surface area contributed by atoms with Crippen LogP contribution in [0.3, 0.4) is 0 Å². The van der Waals surface area contributed by atoms with Gasteiger partial charge in [-0.2, -0.15) is 0 Å². The fraction of sp³-hybridized carbons (Fsp3) is 0.412. The monoisotopic (exact) mass is 335 g/mol. The van der Waals surface area contributed by atoms with Crippen LogP contribution < -0.4 is 0 Å². The molecule has 0 saturated carbocycles. The summed E-state index contributed by atoms with van der Waals surface area (Å²) in [5.41, 5.74) is 0.883. The molecule has 1 aliphatic heterocycles. The highest BCUT2D eigenvalue weighted by atomic mass is 16.7. The van der Waals surface area contributed by atoms with Crippen molar-refractivity contribution >= 4 is 11.9 Å². The summed E-state index contributed by atoms with van der Waals surface area (Å²) in [7, 11) is 5.78. The molecule has 0 aliphatic carbocycles. The molecule has 1 aliphatic rings. The summed E-state index contributed by atoms with van der Waals surface area (Å²) >= 11 is 0. The molecule has 1 aromatic rings. The van der Waals surface area contributed by atoms with E-state index in [-0.39, 0.29) is 5.76 Å². The van der Waals surface area contributed by atoms with E-state index in [2.05, 4.69) is 4.74 Å². The second-order valence-electron chi connectivity index (χ2n) is 5.27. The average Bonchev–Trinajstić information content (AvgIpc) is 2.91. The fourth-order valence-corrected chi connectivity index (χ4v) is 2.82. The Morgan fingerprint density at radius 1 is 1.17 bits per heavy atom. The average molecular weight is 335 g/mol. The zero-order valence-corrected chi connectivity index (χ0v) is 14.1. The van der Waals surface area contributed by atoms with Crippen LogP contribution in [0.2, 0.25) is 0 Å². The van der Waals surface area contributed by atoms with E-state index in [0.29, 0.717) is 0 Å². The topological polar surface area (TPSA) is 74.3 Å². The Labute approximate surface area is 140 Å². The molecule has 1 heterocycles. The normalized spacial score (nSPS) is 23.6. The van der Waals surface area contributed by atoms with Gasteiger partial charge in [-0.3, -0.25) is 4.79 Å². The lowest BCUT2D eigenvalue weighted by molar-refractivity contribution is -0.149. The van der Waals surface area contributed by atoms with Crippen molar-refractivity contribution < 1.29 is 28.6 Å². The van der Waals surface area contributed by atoms with E-state index in [1.807, 2.05) is 30.3 Å². The number of carbonyl (C=O) groups is 2. The molecule has 0 radical (unpaired) electrons. The van der Waals surface area contributed by atoms with Gasteiger partial charge in [-0.05, 0) is 5.56 Å². The molecule has 3 atom stereocenters. The van der Waals surface area contributed by atoms with Crippen molar-refractivity contribution in [3.8, 4) is 0 Å². The molecule has 7 nitrogen and oxygen atoms in total. The van der Waals surface area contributed by atoms with Gasteiger partial charge in [0.15, 0.2) is 0 Å². The number of hydrogen-bond donors (Lipinski definition) is 0. The summed E-state index contributed by atoms with van der Waals surface area (Å²) in [6, 6.07) is 8.97. The summed E-state index contributed by atoms with van der Waals surface area (Å²) in [4.78, 5) is 29.5. The maximum absolute atomic E-state index is 12.3. The largest absolute Gasteiger partial charge is 0.468 e. The molecule has 130 valence electrons. The van der Waals surface area contributed by atoms with Gasteiger partial charge in [-0.1, -0.05) is 30.3 Å². The van der Waals surface area contributed by atoms with E-state index in [4.69, 9.17) is 14.3 Å². The van der Waals surface area contributed by atoms with E-state index in [1.165, 1.54) is 19.3 Å². The number of ether oxygens (including phenoxy) is 3. The van der Waals surface area contributed by atoms with E-state index in [0.717, 1.165) is 11.6 Å². The van der Waals surface area contributed by atoms with Crippen LogP contribution in [0.15, 0.2) is 42.2 Å². The molecule has 0 spiro atoms. The molecule has 0 unspecified atom stereocenters. The Hall–Kier alpha value is -2.38. The van der Waals surface area contributed by atoms with Crippen LogP contribution in [0.5, 0.6) is 0 Å². The Morgan fingerprint density at radius 2 is 1.83 bits per heavy atom. The van der Waals surface area contributed by atoms with Crippen LogP contribution >= 0.6 is 0 Å². The lowest BCUT2D eigenvalue weighted by Crippen LogP contribution is -2.39. The number of likely N-dealkylation sites (N-methyl/N-ethyl adjacent to an activating group) is 1. The molecule has 24 heavy (non-hydrogen) atoms. The zero-order chi connectivity index (χ0) is 17.7. The van der Waals surface area contributed by atoms with Gasteiger partial charge in [0, 0.05) is 14.2 Å². The third-order valence-electron chi connectivity index (χ3n) is 3.93. The van der Waals surface area contributed by atoms with Gasteiger partial charge < -0.3 is 19.0 Å². The molecule has 0 N–H and O–H groups in total. The highest BCUT2D eigenvalue weighted by Gasteiger charge is 2.49. The highest BCUT2D eigenvalue weighted by molar-refractivity contribution is 5.85. The summed E-state index contributed by atoms with van der Waals surface area (Å²) in [6.45, 7) is 0. The van der Waals surface area contributed by atoms with Crippen molar-refractivity contribution in [1.29, 1.82) is 0 Å². The molecular formula is C17H21NO6. The first-order valence-corrected chi connectivity index (χ1v) is 7.39. The standard InChI is InChI=1S/C17H21NO6/c1-18-15(16(22-3)11-8-6-5-7-9-11)14(17(20)23-4)12(24-18)10-13(19)21-2/h5-10,14-16H,1-4H3/b12-10+/t14-,15-,16-/m0/s1. The molecule has 0 amide bonds. The van der Waals surface area contributed by atoms with Gasteiger partial charge in [-0.25, -0.2) is 4.79 Å². The number of nitrogens with zero attached hydrogens (tertiary/aromatic N) is 1. The Balaban J connectivity index is 2.43. The lowest BCUT2D eigenvalue weighted by atomic mass is 9.90. The second-order valence-corrected chi connectivity index (χ2v) is 5.27. The summed E-state index contributed by atoms with van der Waals surface area (Å²) < 4.78 is 15.1. The molecule has 7 heteroatoms. The number of hydrogen-bond acceptors (Lipinski definition) is 7. The summed E-state index contributed by atoms with van der Waals surface area (Å²) in [5, 5.41) is 1.50. The third kappa shape index (κ3) is 3.58. The van der Waals surface area contributed by atoms with Crippen LogP contribution in [-0.4, -0.2) is 51.4 Å². The van der Waals surface area contributed by atoms with Crippen LogP contribution in [0.4, 0.5) is 0 Å². The van der Waals surface area contributed by atoms with Gasteiger partial charge in [0.05, 0.1) is 26.3 Å². The zero-order valence-electron chi connectivity index (χ0n) is 14.1. The number of esters is 2. The predicted octanol–water partition coefficient (Wildman–Crippen LogP) is 1.47. The van der Waals surface area contributed by atoms with E-state index < -0.39 is 30.0 Å². The second kappa shape index (κ2) is 7.94. The minimum atomic E-state index is -0.816. The van der Waals surface area contributed by atoms with Crippen LogP contribution in [-0.2, 0) is 28.6 Å². The van der Waals surface area contributed by atoms with Crippen molar-refractivity contribution in [3.05, 3.63) is 47.7 Å². The fourth-order valence-electron chi connectivity index (χ4n) is 2.82. The smallest absolute Gasteiger partial charge is 0.333 e. The molecular weight excluding hydrogens is 314 g/mol. The number of rotatable bonds is 5. The summed E-state index contributed by atoms with van der Waals surface area (Å²) in [6.07, 6.45) is 0.694. The number of benzene rings is 1. The highest BCUT2D eigenvalue weighted by Crippen LogP contribution is 2.39. The molecule has 1 aromatic carbocycles. The molecule has 2 rings (SSSR count). The first-order chi connectivity index (χ1) is 11.5. The van der Waals surface area contributed by atoms with Gasteiger partial charge in [0.1, 0.15) is 17.8 Å². The van der Waals surface area contributed by atoms with E-state index in [9.17, 15) is 9.59 Å². The molecule has 1 fully saturated rings. The Morgan fingerprint density at radius 3 is 2.38 bits per heavy atom. The molecule has 0 aromatic heterocycles. The van der Waals surface area contributed by atoms with Crippen molar-refractivity contribution in [2.45, 2.75) is 12.1 Å². The van der Waals surface area contributed by atoms with Gasteiger partial charge in [0.2, 0.25) is 0 Å². The van der Waals surface area contributed by atoms with E-state index >= 15 is 0 Å². The van der Waals surface area contributed by atoms with E-state index in [1.54, 1.807) is 14.2 Å². The van der Waals surface area contributed by atoms with Crippen molar-refractivity contribution in [2.24, 2.45) is 5.92 Å². The van der Waals surface area contributed by atoms with Crippen molar-refractivity contribution in [2.75, 3.05) is 28.4 Å². The van der Waals surface area contributed by atoms with Crippen LogP contribution in [0, 0.1) is 5.92 Å². The van der Waals surface area contributed by atoms with Crippen molar-refractivity contribution in [1.82, 2.24) is 5.06 Å². The van der Waals surface area contributed by atoms with Gasteiger partial charge in [0.25, 0.3) is 0 Å². The Kier molecular flexibility index (Phi) is 5.94. The third-order valence-corrected chi connectivity index (χ3v) is 3.93. The summed E-state index contributed by atoms with van der Waals surface area (Å²) in [5.74, 6) is -1.78. The SMILES string of the molecule is COC(=O)/C=C1/ON(C)[C@H]([C@@H](OC)c2ccccc2)[C@H]1C(=O)OC. The lowest BCUT2D eigenvalue weighted by Gasteiger charge is -2.28. The predicted molar refractivity (Wildman–Crippen MR) is 84.4 cm³/mol. The first-order valence-electron chi connectivity index (χ1n) is 7.39. The van der Waals surface area contributed by atoms with Gasteiger partial charge in [-0.15, -0.1) is 5.06 Å². The van der Waals surface area contributed by atoms with Crippen LogP contribution in [0.1, 0.15) is 11.7 Å². The van der Waals surface area contributed by atoms with Crippen LogP contribution in [0.25, 0.3) is 0 Å². The maximum Gasteiger partial charge on any atom is 0.333 e. The maximum atomic E-state index is 12.3. The number of methoxy groups -OCH3 is 3. The van der Waals surface area contributed by atoms with Gasteiger partial charge >= 0.3 is 11.9 Å². The minimum absolute atomic E-state index is 0.166.